The molecule has 0 radical (unpaired) electrons. The van der Waals surface area contributed by atoms with Crippen LogP contribution in [0.2, 0.25) is 5.02 Å². The van der Waals surface area contributed by atoms with E-state index in [-0.39, 0.29) is 5.97 Å². The van der Waals surface area contributed by atoms with Crippen molar-refractivity contribution in [2.24, 2.45) is 0 Å². The zero-order valence-electron chi connectivity index (χ0n) is 20.5. The Labute approximate surface area is 201 Å². The molecule has 1 aliphatic rings. The minimum atomic E-state index is -0.0213. The molecule has 0 atom stereocenters. The fraction of sp³-hybridized carbons (Fsp3) is 0.679. The lowest BCUT2D eigenvalue weighted by atomic mass is 10.0. The predicted molar refractivity (Wildman–Crippen MR) is 136 cm³/mol. The molecular formula is C28H45ClNO2+. The Bertz CT molecular complexity index is 694. The van der Waals surface area contributed by atoms with Crippen LogP contribution < -0.4 is 0 Å². The third-order valence-corrected chi connectivity index (χ3v) is 7.11. The molecule has 0 spiro atoms. The quantitative estimate of drug-likeness (QED) is 0.117. The fourth-order valence-electron chi connectivity index (χ4n) is 4.69. The van der Waals surface area contributed by atoms with E-state index in [1.54, 1.807) is 0 Å². The molecule has 0 amide bonds. The summed E-state index contributed by atoms with van der Waals surface area (Å²) in [5, 5.41) is 0.826. The predicted octanol–water partition coefficient (Wildman–Crippen LogP) is 7.51. The number of allylic oxidation sites excluding steroid dienone is 1. The molecule has 1 aliphatic heterocycles. The average Bonchev–Trinajstić information content (AvgIpc) is 2.79. The van der Waals surface area contributed by atoms with Gasteiger partial charge in [-0.25, -0.2) is 4.79 Å². The molecule has 0 N–H and O–H groups in total. The van der Waals surface area contributed by atoms with Crippen molar-refractivity contribution in [2.75, 3.05) is 32.8 Å². The van der Waals surface area contributed by atoms with Crippen LogP contribution in [0, 0.1) is 0 Å². The minimum Gasteiger partial charge on any atom is -0.462 e. The molecule has 1 fully saturated rings. The Balaban J connectivity index is 1.75. The van der Waals surface area contributed by atoms with Gasteiger partial charge in [0.2, 0.25) is 0 Å². The van der Waals surface area contributed by atoms with E-state index in [1.807, 2.05) is 18.2 Å². The van der Waals surface area contributed by atoms with Gasteiger partial charge in [-0.1, -0.05) is 87.2 Å². The van der Waals surface area contributed by atoms with Gasteiger partial charge in [0.15, 0.2) is 6.54 Å². The first-order chi connectivity index (χ1) is 15.5. The Morgan fingerprint density at radius 3 is 2.34 bits per heavy atom. The molecule has 0 saturated carbocycles. The van der Waals surface area contributed by atoms with Crippen LogP contribution in [0.15, 0.2) is 35.9 Å². The lowest BCUT2D eigenvalue weighted by molar-refractivity contribution is -0.920. The maximum Gasteiger partial charge on any atom is 0.361 e. The minimum absolute atomic E-state index is 0.0213. The molecule has 1 aromatic carbocycles. The van der Waals surface area contributed by atoms with E-state index in [2.05, 4.69) is 26.0 Å². The van der Waals surface area contributed by atoms with Crippen LogP contribution in [-0.2, 0) is 16.0 Å². The molecule has 0 aliphatic carbocycles. The third-order valence-electron chi connectivity index (χ3n) is 6.74. The van der Waals surface area contributed by atoms with E-state index in [4.69, 9.17) is 16.3 Å². The monoisotopic (exact) mass is 462 g/mol. The number of unbranched alkanes of at least 4 members (excludes halogenated alkanes) is 7. The van der Waals surface area contributed by atoms with Crippen molar-refractivity contribution in [3.63, 3.8) is 0 Å². The Kier molecular flexibility index (Phi) is 13.0. The number of likely N-dealkylation sites (tertiary alicyclic amines) is 1. The van der Waals surface area contributed by atoms with E-state index in [0.717, 1.165) is 47.5 Å². The van der Waals surface area contributed by atoms with Crippen molar-refractivity contribution in [3.8, 4) is 0 Å². The summed E-state index contributed by atoms with van der Waals surface area (Å²) in [6, 6.07) is 8.05. The summed E-state index contributed by atoms with van der Waals surface area (Å²) in [4.78, 5) is 12.6. The number of hydrogen-bond donors (Lipinski definition) is 0. The van der Waals surface area contributed by atoms with Crippen molar-refractivity contribution in [2.45, 2.75) is 90.9 Å². The topological polar surface area (TPSA) is 26.3 Å². The highest BCUT2D eigenvalue weighted by Gasteiger charge is 2.32. The largest absolute Gasteiger partial charge is 0.462 e. The molecule has 0 unspecified atom stereocenters. The molecule has 1 saturated heterocycles. The van der Waals surface area contributed by atoms with E-state index in [9.17, 15) is 4.79 Å². The molecule has 1 heterocycles. The van der Waals surface area contributed by atoms with Crippen molar-refractivity contribution in [3.05, 3.63) is 46.5 Å². The zero-order valence-corrected chi connectivity index (χ0v) is 21.3. The van der Waals surface area contributed by atoms with Crippen LogP contribution in [0.5, 0.6) is 0 Å². The van der Waals surface area contributed by atoms with Crippen molar-refractivity contribution >= 4 is 17.6 Å². The molecule has 4 heteroatoms. The summed E-state index contributed by atoms with van der Waals surface area (Å²) in [6.45, 7) is 8.56. The van der Waals surface area contributed by atoms with Gasteiger partial charge in [-0.2, -0.15) is 0 Å². The van der Waals surface area contributed by atoms with Gasteiger partial charge in [0.05, 0.1) is 26.2 Å². The number of nitrogens with zero attached hydrogens (tertiary/aromatic N) is 1. The van der Waals surface area contributed by atoms with E-state index < -0.39 is 0 Å². The number of halogens is 1. The van der Waals surface area contributed by atoms with Crippen LogP contribution in [0.3, 0.4) is 0 Å². The number of rotatable bonds is 15. The van der Waals surface area contributed by atoms with Crippen LogP contribution in [0.25, 0.3) is 0 Å². The van der Waals surface area contributed by atoms with Crippen LogP contribution >= 0.6 is 11.6 Å². The Morgan fingerprint density at radius 1 is 1.00 bits per heavy atom. The van der Waals surface area contributed by atoms with E-state index in [0.29, 0.717) is 13.2 Å². The molecule has 0 bridgehead atoms. The SMILES string of the molecule is CCCCCCCCCCOC(=O)C[N+]1(C/C=C(/C)Cc2ccccc2Cl)CCCCC1. The van der Waals surface area contributed by atoms with Gasteiger partial charge >= 0.3 is 5.97 Å². The Morgan fingerprint density at radius 2 is 1.66 bits per heavy atom. The summed E-state index contributed by atoms with van der Waals surface area (Å²) in [5.74, 6) is -0.0213. The summed E-state index contributed by atoms with van der Waals surface area (Å²) in [7, 11) is 0. The maximum atomic E-state index is 12.6. The highest BCUT2D eigenvalue weighted by molar-refractivity contribution is 6.31. The number of benzene rings is 1. The first kappa shape index (κ1) is 26.9. The third kappa shape index (κ3) is 10.5. The fourth-order valence-corrected chi connectivity index (χ4v) is 4.90. The molecule has 1 aromatic rings. The molecule has 0 aromatic heterocycles. The number of piperidine rings is 1. The standard InChI is InChI=1S/C28H45ClNO2/c1-3-4-5-6-7-8-9-15-22-32-28(31)24-30(19-13-10-14-20-30)21-18-25(2)23-26-16-11-12-17-27(26)29/h11-12,16-18H,3-10,13-15,19-24H2,1-2H3/q+1/b25-18-. The zero-order chi connectivity index (χ0) is 23.1. The first-order valence-corrected chi connectivity index (χ1v) is 13.3. The number of hydrogen-bond acceptors (Lipinski definition) is 2. The summed E-state index contributed by atoms with van der Waals surface area (Å²) >= 11 is 6.33. The van der Waals surface area contributed by atoms with Gasteiger partial charge in [0.25, 0.3) is 0 Å². The molecule has 2 rings (SSSR count). The van der Waals surface area contributed by atoms with Crippen molar-refractivity contribution < 1.29 is 14.0 Å². The number of esters is 1. The second-order valence-electron chi connectivity index (χ2n) is 9.70. The van der Waals surface area contributed by atoms with Gasteiger partial charge in [0, 0.05) is 5.02 Å². The van der Waals surface area contributed by atoms with Gasteiger partial charge in [-0.05, 0) is 56.7 Å². The van der Waals surface area contributed by atoms with Crippen molar-refractivity contribution in [1.82, 2.24) is 0 Å². The first-order valence-electron chi connectivity index (χ1n) is 12.9. The smallest absolute Gasteiger partial charge is 0.361 e. The van der Waals surface area contributed by atoms with E-state index >= 15 is 0 Å². The highest BCUT2D eigenvalue weighted by Crippen LogP contribution is 2.22. The van der Waals surface area contributed by atoms with Crippen LogP contribution in [0.1, 0.15) is 90.0 Å². The van der Waals surface area contributed by atoms with Gasteiger partial charge in [-0.3, -0.25) is 0 Å². The molecular weight excluding hydrogens is 418 g/mol. The molecule has 32 heavy (non-hydrogen) atoms. The summed E-state index contributed by atoms with van der Waals surface area (Å²) in [5.41, 5.74) is 2.48. The van der Waals surface area contributed by atoms with E-state index in [1.165, 1.54) is 69.8 Å². The normalized spacial score (nSPS) is 16.2. The van der Waals surface area contributed by atoms with Crippen LogP contribution in [0.4, 0.5) is 0 Å². The highest BCUT2D eigenvalue weighted by atomic mass is 35.5. The maximum absolute atomic E-state index is 12.6. The number of carbonyl (C=O) groups excluding carboxylic acids is 1. The molecule has 3 nitrogen and oxygen atoms in total. The number of quaternary nitrogens is 1. The summed E-state index contributed by atoms with van der Waals surface area (Å²) < 4.78 is 6.48. The van der Waals surface area contributed by atoms with Gasteiger partial charge in [0.1, 0.15) is 0 Å². The lowest BCUT2D eigenvalue weighted by Crippen LogP contribution is -2.54. The lowest BCUT2D eigenvalue weighted by Gasteiger charge is -2.40. The Hall–Kier alpha value is -1.32. The average molecular weight is 463 g/mol. The van der Waals surface area contributed by atoms with Crippen molar-refractivity contribution in [1.29, 1.82) is 0 Å². The number of carbonyl (C=O) groups is 1. The molecule has 180 valence electrons. The van der Waals surface area contributed by atoms with Crippen LogP contribution in [-0.4, -0.2) is 43.2 Å². The van der Waals surface area contributed by atoms with Gasteiger partial charge in [-0.15, -0.1) is 0 Å². The number of ether oxygens (including phenoxy) is 1. The second kappa shape index (κ2) is 15.5. The summed E-state index contributed by atoms with van der Waals surface area (Å²) in [6.07, 6.45) is 16.9. The van der Waals surface area contributed by atoms with Gasteiger partial charge < -0.3 is 9.22 Å². The second-order valence-corrected chi connectivity index (χ2v) is 10.1.